The molecule has 2 atom stereocenters. The van der Waals surface area contributed by atoms with Gasteiger partial charge in [0, 0.05) is 32.0 Å². The van der Waals surface area contributed by atoms with Crippen molar-refractivity contribution in [2.24, 2.45) is 0 Å². The van der Waals surface area contributed by atoms with E-state index < -0.39 is 5.82 Å². The molecule has 1 aliphatic heterocycles. The average molecular weight is 489 g/mol. The minimum atomic E-state index is -0.691. The van der Waals surface area contributed by atoms with Gasteiger partial charge in [-0.05, 0) is 36.1 Å². The van der Waals surface area contributed by atoms with Crippen LogP contribution in [0.1, 0.15) is 53.7 Å². The first-order valence-corrected chi connectivity index (χ1v) is 12.0. The fourth-order valence-corrected chi connectivity index (χ4v) is 5.48. The van der Waals surface area contributed by atoms with Crippen molar-refractivity contribution in [3.05, 3.63) is 70.0 Å². The summed E-state index contributed by atoms with van der Waals surface area (Å²) in [5.41, 5.74) is 1.79. The van der Waals surface area contributed by atoms with E-state index in [0.29, 0.717) is 45.6 Å². The Kier molecular flexibility index (Phi) is 7.55. The Labute approximate surface area is 204 Å². The molecule has 0 radical (unpaired) electrons. The number of hydrogen-bond donors (Lipinski definition) is 1. The van der Waals surface area contributed by atoms with Crippen LogP contribution in [0, 0.1) is 5.82 Å². The molecule has 0 aromatic heterocycles. The normalized spacial score (nSPS) is 20.9. The maximum absolute atomic E-state index is 14.5. The molecule has 0 bridgehead atoms. The largest absolute Gasteiger partial charge is 0.382 e. The van der Waals surface area contributed by atoms with Crippen LogP contribution in [0.3, 0.4) is 0 Å². The van der Waals surface area contributed by atoms with Gasteiger partial charge in [-0.1, -0.05) is 48.9 Å². The summed E-state index contributed by atoms with van der Waals surface area (Å²) in [4.78, 5) is 27.2. The monoisotopic (exact) mass is 488 g/mol. The minimum Gasteiger partial charge on any atom is -0.382 e. The number of amides is 2. The molecule has 2 amide bonds. The number of halogens is 2. The molecule has 1 saturated heterocycles. The van der Waals surface area contributed by atoms with E-state index in [4.69, 9.17) is 21.1 Å². The predicted molar refractivity (Wildman–Crippen MR) is 127 cm³/mol. The zero-order valence-corrected chi connectivity index (χ0v) is 20.2. The Bertz CT molecular complexity index is 1050. The Morgan fingerprint density at radius 1 is 1.15 bits per heavy atom. The van der Waals surface area contributed by atoms with Crippen molar-refractivity contribution in [2.45, 2.75) is 43.7 Å². The second-order valence-corrected chi connectivity index (χ2v) is 9.23. The summed E-state index contributed by atoms with van der Waals surface area (Å²) in [5.74, 6) is -1.10. The summed E-state index contributed by atoms with van der Waals surface area (Å²) in [6.07, 6.45) is 1.35. The molecule has 2 aromatic rings. The lowest BCUT2D eigenvalue weighted by atomic mass is 9.71. The SMILES string of the molecule is CCC(=O)N[C@H]1c2ccccc2C2(CCN(C(=O)c3cccc(Cl)c3F)CC2)[C@@H]1OCCOC. The van der Waals surface area contributed by atoms with Gasteiger partial charge in [-0.25, -0.2) is 4.39 Å². The zero-order valence-electron chi connectivity index (χ0n) is 19.5. The average Bonchev–Trinajstić information content (AvgIpc) is 3.09. The van der Waals surface area contributed by atoms with Crippen LogP contribution in [0.2, 0.25) is 5.02 Å². The van der Waals surface area contributed by atoms with Crippen molar-refractivity contribution in [1.82, 2.24) is 10.2 Å². The predicted octanol–water partition coefficient (Wildman–Crippen LogP) is 4.27. The second kappa shape index (κ2) is 10.4. The standard InChI is InChI=1S/C26H30ClFN2O4/c1-3-21(31)29-23-17-7-4-5-9-19(17)26(24(23)34-16-15-33-2)11-13-30(14-12-26)25(32)18-8-6-10-20(27)22(18)28/h4-10,23-24H,3,11-16H2,1-2H3,(H,29,31)/t23-,24+/m0/s1. The highest BCUT2D eigenvalue weighted by atomic mass is 35.5. The molecule has 1 aliphatic carbocycles. The Morgan fingerprint density at radius 3 is 2.59 bits per heavy atom. The Morgan fingerprint density at radius 2 is 1.88 bits per heavy atom. The highest BCUT2D eigenvalue weighted by Crippen LogP contribution is 2.52. The quantitative estimate of drug-likeness (QED) is 0.591. The van der Waals surface area contributed by atoms with Gasteiger partial charge in [-0.2, -0.15) is 0 Å². The summed E-state index contributed by atoms with van der Waals surface area (Å²) >= 11 is 5.89. The number of hydrogen-bond acceptors (Lipinski definition) is 4. The molecule has 34 heavy (non-hydrogen) atoms. The number of fused-ring (bicyclic) bond motifs is 2. The van der Waals surface area contributed by atoms with Gasteiger partial charge in [0.15, 0.2) is 5.82 Å². The lowest BCUT2D eigenvalue weighted by Gasteiger charge is -2.44. The highest BCUT2D eigenvalue weighted by Gasteiger charge is 2.54. The Balaban J connectivity index is 1.62. The van der Waals surface area contributed by atoms with Crippen LogP contribution >= 0.6 is 11.6 Å². The van der Waals surface area contributed by atoms with E-state index in [2.05, 4.69) is 11.4 Å². The third kappa shape index (κ3) is 4.44. The number of rotatable bonds is 7. The topological polar surface area (TPSA) is 67.9 Å². The zero-order chi connectivity index (χ0) is 24.3. The Hall–Kier alpha value is -2.48. The van der Waals surface area contributed by atoms with Gasteiger partial charge in [0.25, 0.3) is 5.91 Å². The maximum Gasteiger partial charge on any atom is 0.256 e. The fraction of sp³-hybridized carbons (Fsp3) is 0.462. The van der Waals surface area contributed by atoms with E-state index in [1.54, 1.807) is 18.1 Å². The van der Waals surface area contributed by atoms with E-state index in [-0.39, 0.29) is 40.0 Å². The molecule has 1 heterocycles. The van der Waals surface area contributed by atoms with Crippen molar-refractivity contribution in [3.8, 4) is 0 Å². The smallest absolute Gasteiger partial charge is 0.256 e. The lowest BCUT2D eigenvalue weighted by Crippen LogP contribution is -2.52. The number of methoxy groups -OCH3 is 1. The van der Waals surface area contributed by atoms with Gasteiger partial charge in [-0.3, -0.25) is 9.59 Å². The summed E-state index contributed by atoms with van der Waals surface area (Å²) in [6, 6.07) is 12.3. The van der Waals surface area contributed by atoms with Gasteiger partial charge >= 0.3 is 0 Å². The van der Waals surface area contributed by atoms with E-state index in [1.165, 1.54) is 12.1 Å². The summed E-state index contributed by atoms with van der Waals surface area (Å²) in [6.45, 7) is 3.54. The molecule has 8 heteroatoms. The van der Waals surface area contributed by atoms with E-state index in [0.717, 1.165) is 11.1 Å². The number of likely N-dealkylation sites (tertiary alicyclic amines) is 1. The molecular formula is C26H30ClFN2O4. The molecule has 4 rings (SSSR count). The highest BCUT2D eigenvalue weighted by molar-refractivity contribution is 6.31. The molecular weight excluding hydrogens is 459 g/mol. The van der Waals surface area contributed by atoms with Gasteiger partial charge in [-0.15, -0.1) is 0 Å². The van der Waals surface area contributed by atoms with E-state index in [1.807, 2.05) is 25.1 Å². The molecule has 1 N–H and O–H groups in total. The van der Waals surface area contributed by atoms with Crippen LogP contribution in [-0.2, 0) is 19.7 Å². The molecule has 182 valence electrons. The molecule has 2 aromatic carbocycles. The molecule has 6 nitrogen and oxygen atoms in total. The first-order valence-electron chi connectivity index (χ1n) is 11.7. The third-order valence-electron chi connectivity index (χ3n) is 7.03. The summed E-state index contributed by atoms with van der Waals surface area (Å²) in [7, 11) is 1.62. The molecule has 0 saturated carbocycles. The van der Waals surface area contributed by atoms with Crippen LogP contribution in [0.4, 0.5) is 4.39 Å². The van der Waals surface area contributed by atoms with Crippen molar-refractivity contribution in [1.29, 1.82) is 0 Å². The third-order valence-corrected chi connectivity index (χ3v) is 7.32. The number of benzene rings is 2. The number of piperidine rings is 1. The lowest BCUT2D eigenvalue weighted by molar-refractivity contribution is -0.123. The van der Waals surface area contributed by atoms with Crippen molar-refractivity contribution < 1.29 is 23.5 Å². The first-order chi connectivity index (χ1) is 16.4. The summed E-state index contributed by atoms with van der Waals surface area (Å²) < 4.78 is 26.1. The van der Waals surface area contributed by atoms with Crippen LogP contribution in [0.15, 0.2) is 42.5 Å². The number of ether oxygens (including phenoxy) is 2. The maximum atomic E-state index is 14.5. The molecule has 0 unspecified atom stereocenters. The number of nitrogens with one attached hydrogen (secondary N) is 1. The van der Waals surface area contributed by atoms with Crippen LogP contribution in [0.5, 0.6) is 0 Å². The minimum absolute atomic E-state index is 0.0174. The number of carbonyl (C=O) groups excluding carboxylic acids is 2. The molecule has 1 fully saturated rings. The number of carbonyl (C=O) groups is 2. The van der Waals surface area contributed by atoms with Crippen LogP contribution < -0.4 is 5.32 Å². The fourth-order valence-electron chi connectivity index (χ4n) is 5.30. The van der Waals surface area contributed by atoms with E-state index >= 15 is 0 Å². The van der Waals surface area contributed by atoms with Crippen molar-refractivity contribution in [2.75, 3.05) is 33.4 Å². The van der Waals surface area contributed by atoms with E-state index in [9.17, 15) is 14.0 Å². The van der Waals surface area contributed by atoms with Gasteiger partial charge < -0.3 is 19.7 Å². The van der Waals surface area contributed by atoms with Gasteiger partial charge in [0.2, 0.25) is 5.91 Å². The summed E-state index contributed by atoms with van der Waals surface area (Å²) in [5, 5.41) is 3.09. The molecule has 1 spiro atoms. The number of nitrogens with zero attached hydrogens (tertiary/aromatic N) is 1. The van der Waals surface area contributed by atoms with Crippen molar-refractivity contribution >= 4 is 23.4 Å². The van der Waals surface area contributed by atoms with Gasteiger partial charge in [0.05, 0.1) is 35.9 Å². The van der Waals surface area contributed by atoms with Crippen molar-refractivity contribution in [3.63, 3.8) is 0 Å². The van der Waals surface area contributed by atoms with Crippen LogP contribution in [-0.4, -0.2) is 56.2 Å². The van der Waals surface area contributed by atoms with Gasteiger partial charge in [0.1, 0.15) is 0 Å². The molecule has 2 aliphatic rings. The second-order valence-electron chi connectivity index (χ2n) is 8.82. The van der Waals surface area contributed by atoms with Crippen LogP contribution in [0.25, 0.3) is 0 Å². The first kappa shape index (κ1) is 24.6.